The van der Waals surface area contributed by atoms with Crippen LogP contribution in [0, 0.1) is 12.8 Å². The highest BCUT2D eigenvalue weighted by atomic mass is 16.2. The first kappa shape index (κ1) is 16.5. The molecule has 1 aromatic rings. The Kier molecular flexibility index (Phi) is 5.36. The van der Waals surface area contributed by atoms with E-state index in [9.17, 15) is 4.79 Å². The predicted molar refractivity (Wildman–Crippen MR) is 91.1 cm³/mol. The summed E-state index contributed by atoms with van der Waals surface area (Å²) in [4.78, 5) is 17.2. The molecule has 0 spiro atoms. The molecule has 5 nitrogen and oxygen atoms in total. The quantitative estimate of drug-likeness (QED) is 0.856. The second-order valence-corrected chi connectivity index (χ2v) is 7.03. The molecule has 3 rings (SSSR count). The van der Waals surface area contributed by atoms with Crippen LogP contribution in [0.4, 0.5) is 0 Å². The van der Waals surface area contributed by atoms with Gasteiger partial charge in [0.05, 0.1) is 5.69 Å². The molecule has 5 heteroatoms. The smallest absolute Gasteiger partial charge is 0.225 e. The van der Waals surface area contributed by atoms with Crippen LogP contribution >= 0.6 is 0 Å². The van der Waals surface area contributed by atoms with Crippen LogP contribution < -0.4 is 0 Å². The van der Waals surface area contributed by atoms with Gasteiger partial charge in [-0.25, -0.2) is 0 Å². The molecule has 1 saturated heterocycles. The van der Waals surface area contributed by atoms with Crippen LogP contribution in [0.1, 0.15) is 50.3 Å². The largest absolute Gasteiger partial charge is 0.340 e. The van der Waals surface area contributed by atoms with Gasteiger partial charge in [0, 0.05) is 56.9 Å². The lowest BCUT2D eigenvalue weighted by Crippen LogP contribution is -2.50. The van der Waals surface area contributed by atoms with Gasteiger partial charge >= 0.3 is 0 Å². The molecule has 0 bridgehead atoms. The van der Waals surface area contributed by atoms with E-state index in [1.807, 2.05) is 4.68 Å². The van der Waals surface area contributed by atoms with Gasteiger partial charge in [-0.05, 0) is 26.7 Å². The van der Waals surface area contributed by atoms with Crippen molar-refractivity contribution >= 4 is 5.91 Å². The fourth-order valence-electron chi connectivity index (χ4n) is 3.85. The lowest BCUT2D eigenvalue weighted by Gasteiger charge is -2.37. The molecule has 23 heavy (non-hydrogen) atoms. The summed E-state index contributed by atoms with van der Waals surface area (Å²) in [5.74, 6) is 0.722. The van der Waals surface area contributed by atoms with E-state index in [-0.39, 0.29) is 0 Å². The predicted octanol–water partition coefficient (Wildman–Crippen LogP) is 2.44. The van der Waals surface area contributed by atoms with Crippen LogP contribution in [0.25, 0.3) is 0 Å². The SMILES string of the molecule is CCn1cc(CN2CCN(C(=O)C3CCCCC3)CC2)c(C)n1. The standard InChI is InChI=1S/C18H30N4O/c1-3-22-14-17(15(2)19-22)13-20-9-11-21(12-10-20)18(23)16-7-5-4-6-8-16/h14,16H,3-13H2,1-2H3. The lowest BCUT2D eigenvalue weighted by atomic mass is 9.88. The molecule has 0 radical (unpaired) electrons. The Bertz CT molecular complexity index is 525. The molecule has 2 fully saturated rings. The zero-order chi connectivity index (χ0) is 16.2. The van der Waals surface area contributed by atoms with Gasteiger partial charge in [-0.2, -0.15) is 5.10 Å². The van der Waals surface area contributed by atoms with Crippen LogP contribution in [-0.4, -0.2) is 51.7 Å². The molecule has 2 heterocycles. The highest BCUT2D eigenvalue weighted by molar-refractivity contribution is 5.79. The minimum Gasteiger partial charge on any atom is -0.340 e. The number of nitrogens with zero attached hydrogens (tertiary/aromatic N) is 4. The number of aryl methyl sites for hydroxylation is 2. The minimum atomic E-state index is 0.306. The Labute approximate surface area is 139 Å². The molecule has 0 unspecified atom stereocenters. The van der Waals surface area contributed by atoms with Gasteiger partial charge in [0.25, 0.3) is 0 Å². The minimum absolute atomic E-state index is 0.306. The number of hydrogen-bond donors (Lipinski definition) is 0. The van der Waals surface area contributed by atoms with Crippen molar-refractivity contribution in [3.8, 4) is 0 Å². The van der Waals surface area contributed by atoms with E-state index in [0.29, 0.717) is 11.8 Å². The molecule has 1 aliphatic carbocycles. The summed E-state index contributed by atoms with van der Waals surface area (Å²) >= 11 is 0. The molecule has 0 N–H and O–H groups in total. The first-order valence-corrected chi connectivity index (χ1v) is 9.21. The summed E-state index contributed by atoms with van der Waals surface area (Å²) in [6.07, 6.45) is 8.15. The van der Waals surface area contributed by atoms with Crippen molar-refractivity contribution in [1.29, 1.82) is 0 Å². The molecule has 2 aliphatic rings. The second-order valence-electron chi connectivity index (χ2n) is 7.03. The van der Waals surface area contributed by atoms with Crippen molar-refractivity contribution in [3.05, 3.63) is 17.5 Å². The van der Waals surface area contributed by atoms with Gasteiger partial charge in [0.1, 0.15) is 0 Å². The highest BCUT2D eigenvalue weighted by Crippen LogP contribution is 2.26. The van der Waals surface area contributed by atoms with E-state index in [0.717, 1.165) is 57.8 Å². The maximum Gasteiger partial charge on any atom is 0.225 e. The molecular formula is C18H30N4O. The van der Waals surface area contributed by atoms with Crippen molar-refractivity contribution in [2.45, 2.75) is 59.0 Å². The van der Waals surface area contributed by atoms with Crippen molar-refractivity contribution in [1.82, 2.24) is 19.6 Å². The zero-order valence-corrected chi connectivity index (χ0v) is 14.6. The monoisotopic (exact) mass is 318 g/mol. The average molecular weight is 318 g/mol. The van der Waals surface area contributed by atoms with Gasteiger partial charge in [-0.1, -0.05) is 19.3 Å². The van der Waals surface area contributed by atoms with Gasteiger partial charge in [0.15, 0.2) is 0 Å². The van der Waals surface area contributed by atoms with Crippen LogP contribution in [0.5, 0.6) is 0 Å². The van der Waals surface area contributed by atoms with Crippen molar-refractivity contribution in [2.75, 3.05) is 26.2 Å². The average Bonchev–Trinajstić information content (AvgIpc) is 2.96. The van der Waals surface area contributed by atoms with Crippen molar-refractivity contribution in [2.24, 2.45) is 5.92 Å². The summed E-state index contributed by atoms with van der Waals surface area (Å²) in [6.45, 7) is 9.81. The van der Waals surface area contributed by atoms with Crippen LogP contribution in [0.2, 0.25) is 0 Å². The third-order valence-electron chi connectivity index (χ3n) is 5.40. The molecule has 1 saturated carbocycles. The number of carbonyl (C=O) groups is 1. The molecule has 1 amide bonds. The Morgan fingerprint density at radius 3 is 2.48 bits per heavy atom. The molecule has 1 aromatic heterocycles. The van der Waals surface area contributed by atoms with Crippen LogP contribution in [-0.2, 0) is 17.9 Å². The van der Waals surface area contributed by atoms with E-state index < -0.39 is 0 Å². The zero-order valence-electron chi connectivity index (χ0n) is 14.6. The lowest BCUT2D eigenvalue weighted by molar-refractivity contribution is -0.138. The molecule has 0 aromatic carbocycles. The van der Waals surface area contributed by atoms with E-state index in [1.165, 1.54) is 24.8 Å². The van der Waals surface area contributed by atoms with E-state index in [1.54, 1.807) is 0 Å². The number of hydrogen-bond acceptors (Lipinski definition) is 3. The molecule has 1 aliphatic heterocycles. The van der Waals surface area contributed by atoms with Crippen LogP contribution in [0.15, 0.2) is 6.20 Å². The number of carbonyl (C=O) groups excluding carboxylic acids is 1. The van der Waals surface area contributed by atoms with Crippen molar-refractivity contribution in [3.63, 3.8) is 0 Å². The molecule has 0 atom stereocenters. The van der Waals surface area contributed by atoms with E-state index in [2.05, 4.69) is 34.9 Å². The first-order valence-electron chi connectivity index (χ1n) is 9.21. The summed E-state index contributed by atoms with van der Waals surface area (Å²) in [7, 11) is 0. The fraction of sp³-hybridized carbons (Fsp3) is 0.778. The number of piperazine rings is 1. The number of aromatic nitrogens is 2. The summed E-state index contributed by atoms with van der Waals surface area (Å²) < 4.78 is 2.01. The maximum atomic E-state index is 12.6. The summed E-state index contributed by atoms with van der Waals surface area (Å²) in [5, 5.41) is 4.52. The Morgan fingerprint density at radius 2 is 1.87 bits per heavy atom. The van der Waals surface area contributed by atoms with Gasteiger partial charge in [0.2, 0.25) is 5.91 Å². The van der Waals surface area contributed by atoms with E-state index >= 15 is 0 Å². The molecular weight excluding hydrogens is 288 g/mol. The topological polar surface area (TPSA) is 41.4 Å². The van der Waals surface area contributed by atoms with Gasteiger partial charge < -0.3 is 4.90 Å². The Balaban J connectivity index is 1.49. The van der Waals surface area contributed by atoms with E-state index in [4.69, 9.17) is 0 Å². The van der Waals surface area contributed by atoms with Crippen LogP contribution in [0.3, 0.4) is 0 Å². The summed E-state index contributed by atoms with van der Waals surface area (Å²) in [6, 6.07) is 0. The molecule has 128 valence electrons. The Hall–Kier alpha value is -1.36. The van der Waals surface area contributed by atoms with Crippen molar-refractivity contribution < 1.29 is 4.79 Å². The highest BCUT2D eigenvalue weighted by Gasteiger charge is 2.28. The number of amides is 1. The third kappa shape index (κ3) is 3.94. The first-order chi connectivity index (χ1) is 11.2. The maximum absolute atomic E-state index is 12.6. The fourth-order valence-corrected chi connectivity index (χ4v) is 3.85. The van der Waals surface area contributed by atoms with Gasteiger partial charge in [-0.3, -0.25) is 14.4 Å². The normalized spacial score (nSPS) is 20.9. The van der Waals surface area contributed by atoms with Gasteiger partial charge in [-0.15, -0.1) is 0 Å². The Morgan fingerprint density at radius 1 is 1.17 bits per heavy atom. The summed E-state index contributed by atoms with van der Waals surface area (Å²) in [5.41, 5.74) is 2.45. The third-order valence-corrected chi connectivity index (χ3v) is 5.40. The number of rotatable bonds is 4. The second kappa shape index (κ2) is 7.47.